The summed E-state index contributed by atoms with van der Waals surface area (Å²) < 4.78 is 17.7. The fourth-order valence-electron chi connectivity index (χ4n) is 2.05. The summed E-state index contributed by atoms with van der Waals surface area (Å²) in [4.78, 5) is 26.2. The van der Waals surface area contributed by atoms with Crippen LogP contribution in [0.3, 0.4) is 0 Å². The van der Waals surface area contributed by atoms with Gasteiger partial charge in [-0.1, -0.05) is 12.1 Å². The lowest BCUT2D eigenvalue weighted by atomic mass is 10.1. The normalized spacial score (nSPS) is 10.6. The Morgan fingerprint density at radius 2 is 2.04 bits per heavy atom. The molecule has 0 radical (unpaired) electrons. The predicted octanol–water partition coefficient (Wildman–Crippen LogP) is 0.590. The van der Waals surface area contributed by atoms with Crippen LogP contribution in [-0.2, 0) is 22.4 Å². The number of hydrogen-bond donors (Lipinski definition) is 2. The van der Waals surface area contributed by atoms with Gasteiger partial charge in [-0.2, -0.15) is 0 Å². The van der Waals surface area contributed by atoms with Crippen LogP contribution >= 0.6 is 0 Å². The molecule has 0 spiro atoms. The maximum atomic E-state index is 12.9. The Hall–Kier alpha value is -2.61. The first-order valence-electron chi connectivity index (χ1n) is 7.53. The summed E-state index contributed by atoms with van der Waals surface area (Å²) in [5, 5.41) is 10.5. The topological polar surface area (TPSA) is 97.0 Å². The minimum atomic E-state index is -0.369. The summed E-state index contributed by atoms with van der Waals surface area (Å²) in [7, 11) is 1.55. The standard InChI is InChI=1S/C16H19FN4O3/c1-24-9-8-18-15(22)7-6-13-16(23)19-14(21-20-13)10-11-2-4-12(17)5-3-11/h2-5H,6-10H2,1H3,(H,18,22)(H,19,21,23). The number of halogens is 1. The predicted molar refractivity (Wildman–Crippen MR) is 85.1 cm³/mol. The summed E-state index contributed by atoms with van der Waals surface area (Å²) in [6.07, 6.45) is 0.705. The van der Waals surface area contributed by atoms with Crippen molar-refractivity contribution < 1.29 is 13.9 Å². The Morgan fingerprint density at radius 1 is 1.29 bits per heavy atom. The lowest BCUT2D eigenvalue weighted by Gasteiger charge is -2.04. The van der Waals surface area contributed by atoms with Crippen LogP contribution in [0.2, 0.25) is 0 Å². The Balaban J connectivity index is 1.91. The molecule has 0 aliphatic rings. The van der Waals surface area contributed by atoms with Crippen LogP contribution in [0.4, 0.5) is 4.39 Å². The molecule has 24 heavy (non-hydrogen) atoms. The van der Waals surface area contributed by atoms with Crippen LogP contribution in [0.1, 0.15) is 23.5 Å². The zero-order valence-electron chi connectivity index (χ0n) is 13.3. The number of carbonyl (C=O) groups excluding carboxylic acids is 1. The van der Waals surface area contributed by atoms with Gasteiger partial charge in [0.15, 0.2) is 0 Å². The highest BCUT2D eigenvalue weighted by atomic mass is 19.1. The molecule has 1 aromatic heterocycles. The summed E-state index contributed by atoms with van der Waals surface area (Å²) in [5.74, 6) is -0.110. The van der Waals surface area contributed by atoms with Gasteiger partial charge in [0.2, 0.25) is 5.91 Å². The third-order valence-corrected chi connectivity index (χ3v) is 3.31. The highest BCUT2D eigenvalue weighted by Crippen LogP contribution is 2.06. The van der Waals surface area contributed by atoms with Crippen molar-refractivity contribution in [3.05, 3.63) is 57.5 Å². The van der Waals surface area contributed by atoms with Crippen molar-refractivity contribution in [3.63, 3.8) is 0 Å². The van der Waals surface area contributed by atoms with Gasteiger partial charge in [-0.3, -0.25) is 9.59 Å². The van der Waals surface area contributed by atoms with E-state index in [1.54, 1.807) is 19.2 Å². The van der Waals surface area contributed by atoms with Crippen LogP contribution in [0.15, 0.2) is 29.1 Å². The lowest BCUT2D eigenvalue weighted by molar-refractivity contribution is -0.121. The van der Waals surface area contributed by atoms with Crippen molar-refractivity contribution in [2.45, 2.75) is 19.3 Å². The van der Waals surface area contributed by atoms with Gasteiger partial charge in [0.05, 0.1) is 6.61 Å². The minimum Gasteiger partial charge on any atom is -0.383 e. The third-order valence-electron chi connectivity index (χ3n) is 3.31. The highest BCUT2D eigenvalue weighted by Gasteiger charge is 2.08. The van der Waals surface area contributed by atoms with E-state index in [9.17, 15) is 14.0 Å². The molecule has 0 bridgehead atoms. The summed E-state index contributed by atoms with van der Waals surface area (Å²) in [6, 6.07) is 5.93. The molecule has 0 unspecified atom stereocenters. The maximum Gasteiger partial charge on any atom is 0.272 e. The van der Waals surface area contributed by atoms with Gasteiger partial charge in [-0.15, -0.1) is 10.2 Å². The molecule has 1 amide bonds. The molecule has 2 N–H and O–H groups in total. The second-order valence-electron chi connectivity index (χ2n) is 5.19. The van der Waals surface area contributed by atoms with Crippen LogP contribution in [-0.4, -0.2) is 41.3 Å². The van der Waals surface area contributed by atoms with E-state index in [2.05, 4.69) is 20.5 Å². The molecule has 2 aromatic rings. The number of aromatic nitrogens is 3. The fourth-order valence-corrected chi connectivity index (χ4v) is 2.05. The van der Waals surface area contributed by atoms with Crippen molar-refractivity contribution in [3.8, 4) is 0 Å². The number of hydrogen-bond acceptors (Lipinski definition) is 5. The minimum absolute atomic E-state index is 0.152. The number of ether oxygens (including phenoxy) is 1. The van der Waals surface area contributed by atoms with Crippen LogP contribution in [0.5, 0.6) is 0 Å². The van der Waals surface area contributed by atoms with E-state index >= 15 is 0 Å². The molecule has 2 rings (SSSR count). The van der Waals surface area contributed by atoms with Crippen molar-refractivity contribution in [1.82, 2.24) is 20.5 Å². The van der Waals surface area contributed by atoms with Crippen molar-refractivity contribution in [1.29, 1.82) is 0 Å². The molecule has 0 saturated carbocycles. The first kappa shape index (κ1) is 17.7. The average molecular weight is 334 g/mol. The summed E-state index contributed by atoms with van der Waals surface area (Å²) in [5.41, 5.74) is 0.651. The van der Waals surface area contributed by atoms with Crippen molar-refractivity contribution in [2.75, 3.05) is 20.3 Å². The molecular formula is C16H19FN4O3. The monoisotopic (exact) mass is 334 g/mol. The molecule has 128 valence electrons. The highest BCUT2D eigenvalue weighted by molar-refractivity contribution is 5.76. The summed E-state index contributed by atoms with van der Waals surface area (Å²) >= 11 is 0. The van der Waals surface area contributed by atoms with Crippen LogP contribution in [0, 0.1) is 5.82 Å². The Morgan fingerprint density at radius 3 is 2.71 bits per heavy atom. The lowest BCUT2D eigenvalue weighted by Crippen LogP contribution is -2.28. The van der Waals surface area contributed by atoms with Gasteiger partial charge in [0, 0.05) is 32.9 Å². The van der Waals surface area contributed by atoms with Crippen LogP contribution in [0.25, 0.3) is 0 Å². The molecule has 0 saturated heterocycles. The van der Waals surface area contributed by atoms with Crippen LogP contribution < -0.4 is 10.9 Å². The SMILES string of the molecule is COCCNC(=O)CCc1nnc(Cc2ccc(F)cc2)[nH]c1=O. The number of nitrogens with zero attached hydrogens (tertiary/aromatic N) is 2. The number of methoxy groups -OCH3 is 1. The summed E-state index contributed by atoms with van der Waals surface area (Å²) in [6.45, 7) is 0.859. The quantitative estimate of drug-likeness (QED) is 0.689. The van der Waals surface area contributed by atoms with E-state index in [1.807, 2.05) is 0 Å². The average Bonchev–Trinajstić information content (AvgIpc) is 2.56. The van der Waals surface area contributed by atoms with E-state index in [1.165, 1.54) is 12.1 Å². The third kappa shape index (κ3) is 5.54. The molecule has 0 aliphatic heterocycles. The van der Waals surface area contributed by atoms with E-state index in [0.717, 1.165) is 5.56 Å². The second kappa shape index (κ2) is 8.88. The van der Waals surface area contributed by atoms with Gasteiger partial charge < -0.3 is 15.0 Å². The number of H-pyrrole nitrogens is 1. The fraction of sp³-hybridized carbons (Fsp3) is 0.375. The number of amides is 1. The largest absolute Gasteiger partial charge is 0.383 e. The zero-order valence-corrected chi connectivity index (χ0v) is 13.3. The Kier molecular flexibility index (Phi) is 6.56. The van der Waals surface area contributed by atoms with Gasteiger partial charge in [0.25, 0.3) is 5.56 Å². The molecule has 0 atom stereocenters. The first-order valence-corrected chi connectivity index (χ1v) is 7.53. The van der Waals surface area contributed by atoms with Gasteiger partial charge in [-0.25, -0.2) is 4.39 Å². The molecule has 1 aromatic carbocycles. The number of aryl methyl sites for hydroxylation is 1. The Bertz CT molecular complexity index is 731. The van der Waals surface area contributed by atoms with Crippen molar-refractivity contribution in [2.24, 2.45) is 0 Å². The molecular weight excluding hydrogens is 315 g/mol. The molecule has 0 aliphatic carbocycles. The number of benzene rings is 1. The van der Waals surface area contributed by atoms with E-state index < -0.39 is 0 Å². The molecule has 0 fully saturated rings. The molecule has 7 nitrogen and oxygen atoms in total. The smallest absolute Gasteiger partial charge is 0.272 e. The second-order valence-corrected chi connectivity index (χ2v) is 5.19. The zero-order chi connectivity index (χ0) is 17.4. The number of nitrogens with one attached hydrogen (secondary N) is 2. The van der Waals surface area contributed by atoms with Crippen molar-refractivity contribution >= 4 is 5.91 Å². The van der Waals surface area contributed by atoms with Gasteiger partial charge in [-0.05, 0) is 17.7 Å². The van der Waals surface area contributed by atoms with E-state index in [-0.39, 0.29) is 35.8 Å². The van der Waals surface area contributed by atoms with E-state index in [0.29, 0.717) is 25.4 Å². The molecule has 8 heteroatoms. The Labute approximate surface area is 138 Å². The number of rotatable bonds is 8. The van der Waals surface area contributed by atoms with E-state index in [4.69, 9.17) is 4.74 Å². The maximum absolute atomic E-state index is 12.9. The first-order chi connectivity index (χ1) is 11.6. The molecule has 1 heterocycles. The van der Waals surface area contributed by atoms with Gasteiger partial charge in [0.1, 0.15) is 17.3 Å². The number of carbonyl (C=O) groups is 1. The van der Waals surface area contributed by atoms with Gasteiger partial charge >= 0.3 is 0 Å². The number of aromatic amines is 1.